The maximum absolute atomic E-state index is 14.2. The van der Waals surface area contributed by atoms with Crippen LogP contribution in [0.3, 0.4) is 0 Å². The Hall–Kier alpha value is -5.73. The lowest BCUT2D eigenvalue weighted by atomic mass is 9.93. The summed E-state index contributed by atoms with van der Waals surface area (Å²) in [6.07, 6.45) is 7.72. The molecule has 17 nitrogen and oxygen atoms in total. The zero-order valence-electron chi connectivity index (χ0n) is 33.8. The lowest BCUT2D eigenvalue weighted by molar-refractivity contribution is -0.140. The van der Waals surface area contributed by atoms with E-state index >= 15 is 0 Å². The Bertz CT molecular complexity index is 1770. The van der Waals surface area contributed by atoms with Gasteiger partial charge in [-0.05, 0) is 48.7 Å². The van der Waals surface area contributed by atoms with Crippen LogP contribution in [0.5, 0.6) is 11.5 Å². The number of unbranched alkanes of at least 4 members (excludes halogenated alkanes) is 6. The highest BCUT2D eigenvalue weighted by Crippen LogP contribution is 2.40. The van der Waals surface area contributed by atoms with Crippen molar-refractivity contribution in [1.82, 2.24) is 31.5 Å². The summed E-state index contributed by atoms with van der Waals surface area (Å²) in [5, 5.41) is 22.0. The van der Waals surface area contributed by atoms with Gasteiger partial charge in [-0.2, -0.15) is 5.26 Å². The van der Waals surface area contributed by atoms with Gasteiger partial charge < -0.3 is 52.4 Å². The van der Waals surface area contributed by atoms with Crippen LogP contribution >= 0.6 is 0 Å². The first kappa shape index (κ1) is 46.7. The molecule has 1 aliphatic rings. The summed E-state index contributed by atoms with van der Waals surface area (Å²) in [5.74, 6) is -2.74. The van der Waals surface area contributed by atoms with Crippen molar-refractivity contribution in [3.8, 4) is 28.7 Å². The lowest BCUT2D eigenvalue weighted by Gasteiger charge is -2.30. The van der Waals surface area contributed by atoms with E-state index in [0.717, 1.165) is 30.6 Å². The number of rotatable bonds is 21. The average Bonchev–Trinajstić information content (AvgIpc) is 3.21. The fraction of sp³-hybridized carbons (Fsp3) is 0.537. The molecule has 6 amide bonds. The minimum Gasteiger partial charge on any atom is -0.492 e. The molecule has 1 heterocycles. The number of ether oxygens (including phenoxy) is 2. The first-order chi connectivity index (χ1) is 27.9. The van der Waals surface area contributed by atoms with Gasteiger partial charge >= 0.3 is 0 Å². The van der Waals surface area contributed by atoms with Crippen molar-refractivity contribution in [3.63, 3.8) is 0 Å². The van der Waals surface area contributed by atoms with Gasteiger partial charge in [0, 0.05) is 44.1 Å². The van der Waals surface area contributed by atoms with Crippen LogP contribution in [0.4, 0.5) is 0 Å². The van der Waals surface area contributed by atoms with Crippen LogP contribution in [-0.4, -0.2) is 105 Å². The normalized spacial score (nSPS) is 16.4. The average molecular weight is 806 g/mol. The van der Waals surface area contributed by atoms with Crippen molar-refractivity contribution in [3.05, 3.63) is 47.5 Å². The molecule has 2 aromatic rings. The van der Waals surface area contributed by atoms with Gasteiger partial charge in [-0.15, -0.1) is 0 Å². The number of nitrogens with one attached hydrogen (secondary N) is 5. The smallest absolute Gasteiger partial charge is 0.248 e. The maximum atomic E-state index is 14.2. The van der Waals surface area contributed by atoms with Crippen molar-refractivity contribution in [2.75, 3.05) is 53.0 Å². The first-order valence-electron chi connectivity index (χ1n) is 19.9. The number of amides is 6. The molecule has 0 saturated carbocycles. The van der Waals surface area contributed by atoms with E-state index < -0.39 is 54.2 Å². The third-order valence-corrected chi connectivity index (χ3v) is 9.49. The summed E-state index contributed by atoms with van der Waals surface area (Å²) in [5.41, 5.74) is 13.5. The minimum absolute atomic E-state index is 0.0149. The number of hydrogen-bond acceptors (Lipinski definition) is 11. The Balaban J connectivity index is 1.94. The van der Waals surface area contributed by atoms with Gasteiger partial charge in [0.25, 0.3) is 0 Å². The van der Waals surface area contributed by atoms with E-state index in [0.29, 0.717) is 40.2 Å². The molecule has 0 radical (unpaired) electrons. The fourth-order valence-electron chi connectivity index (χ4n) is 6.35. The van der Waals surface area contributed by atoms with Crippen LogP contribution in [0.1, 0.15) is 82.4 Å². The molecule has 4 bridgehead atoms. The van der Waals surface area contributed by atoms with Gasteiger partial charge in [-0.3, -0.25) is 28.8 Å². The second kappa shape index (κ2) is 24.8. The number of likely N-dealkylation sites (N-methyl/N-ethyl adjacent to an activating group) is 1. The second-order valence-electron chi connectivity index (χ2n) is 14.1. The van der Waals surface area contributed by atoms with E-state index in [2.05, 4.69) is 33.5 Å². The van der Waals surface area contributed by atoms with E-state index in [1.54, 1.807) is 36.4 Å². The van der Waals surface area contributed by atoms with E-state index in [1.807, 2.05) is 6.07 Å². The third-order valence-electron chi connectivity index (χ3n) is 9.49. The van der Waals surface area contributed by atoms with Crippen LogP contribution in [0.2, 0.25) is 0 Å². The number of carbonyl (C=O) groups excluding carboxylic acids is 6. The van der Waals surface area contributed by atoms with E-state index in [4.69, 9.17) is 26.2 Å². The zero-order chi connectivity index (χ0) is 42.5. The van der Waals surface area contributed by atoms with Gasteiger partial charge in [-0.1, -0.05) is 57.6 Å². The van der Waals surface area contributed by atoms with Gasteiger partial charge in [0.15, 0.2) is 0 Å². The van der Waals surface area contributed by atoms with E-state index in [-0.39, 0.29) is 51.7 Å². The number of fused-ring (bicyclic) bond motifs is 5. The van der Waals surface area contributed by atoms with Gasteiger partial charge in [0.05, 0.1) is 19.2 Å². The number of nitriles is 1. The Kier molecular flexibility index (Phi) is 20.0. The monoisotopic (exact) mass is 805 g/mol. The predicted octanol–water partition coefficient (Wildman–Crippen LogP) is 1.09. The molecule has 3 atom stereocenters. The standard InChI is InChI=1S/C41H59N9O8/c1-4-5-6-7-8-9-10-11-35(51)46-25-36(52)47-26-37(53)50(3)38-29-13-15-34(58-21-18-44)31(24-29)30-22-28(12-14-33(30)57-20-17-43)23-32(40(55)45-19-16-42)49-39(54)27(2)48-41(38)56/h12-15,22,24,27,32,38H,4-11,17-21,23,25-26,43-44H2,1-3H3,(H,45,55)(H,46,51)(H,47,52)(H,48,56)(H,49,54)/t27-,32?,38?/m0/s1. The molecule has 0 aliphatic carbocycles. The largest absolute Gasteiger partial charge is 0.492 e. The number of nitrogens with two attached hydrogens (primary N) is 2. The molecular formula is C41H59N9O8. The molecule has 0 fully saturated rings. The maximum Gasteiger partial charge on any atom is 0.248 e. The Morgan fingerprint density at radius 1 is 0.828 bits per heavy atom. The molecule has 0 aromatic heterocycles. The number of hydrogen-bond donors (Lipinski definition) is 7. The first-order valence-corrected chi connectivity index (χ1v) is 19.9. The van der Waals surface area contributed by atoms with Crippen LogP contribution in [-0.2, 0) is 35.2 Å². The van der Waals surface area contributed by atoms with Crippen molar-refractivity contribution in [2.24, 2.45) is 11.5 Å². The molecule has 9 N–H and O–H groups in total. The molecule has 1 aliphatic heterocycles. The van der Waals surface area contributed by atoms with Crippen molar-refractivity contribution >= 4 is 35.4 Å². The molecule has 17 heteroatoms. The summed E-state index contributed by atoms with van der Waals surface area (Å²) in [6.45, 7) is 3.20. The Morgan fingerprint density at radius 2 is 1.45 bits per heavy atom. The molecule has 2 aromatic carbocycles. The molecule has 316 valence electrons. The minimum atomic E-state index is -1.34. The van der Waals surface area contributed by atoms with Crippen molar-refractivity contribution in [1.29, 1.82) is 5.26 Å². The lowest BCUT2D eigenvalue weighted by Crippen LogP contribution is -2.55. The summed E-state index contributed by atoms with van der Waals surface area (Å²) in [7, 11) is 1.39. The highest BCUT2D eigenvalue weighted by molar-refractivity contribution is 5.96. The fourth-order valence-corrected chi connectivity index (χ4v) is 6.35. The van der Waals surface area contributed by atoms with E-state index in [1.165, 1.54) is 33.2 Å². The zero-order valence-corrected chi connectivity index (χ0v) is 33.8. The molecular weight excluding hydrogens is 747 g/mol. The summed E-state index contributed by atoms with van der Waals surface area (Å²) in [6, 6.07) is 8.30. The van der Waals surface area contributed by atoms with Crippen molar-refractivity contribution in [2.45, 2.75) is 89.8 Å². The second-order valence-corrected chi connectivity index (χ2v) is 14.1. The van der Waals surface area contributed by atoms with Gasteiger partial charge in [0.2, 0.25) is 35.4 Å². The number of carbonyl (C=O) groups is 6. The highest BCUT2D eigenvalue weighted by Gasteiger charge is 2.33. The van der Waals surface area contributed by atoms with Gasteiger partial charge in [-0.25, -0.2) is 0 Å². The SMILES string of the molecule is CCCCCCCCCC(=O)NCC(=O)NCC(=O)N(C)C1C(=O)N[C@@H](C)C(=O)NC(C(=O)NCC#N)Cc2ccc(OCCN)c(c2)-c2cc1ccc2OCCN. The Morgan fingerprint density at radius 3 is 2.10 bits per heavy atom. The van der Waals surface area contributed by atoms with Gasteiger partial charge in [0.1, 0.15) is 49.4 Å². The molecule has 2 unspecified atom stereocenters. The van der Waals surface area contributed by atoms with Crippen LogP contribution in [0.25, 0.3) is 11.1 Å². The summed E-state index contributed by atoms with van der Waals surface area (Å²) < 4.78 is 12.0. The third kappa shape index (κ3) is 14.6. The highest BCUT2D eigenvalue weighted by atomic mass is 16.5. The molecule has 58 heavy (non-hydrogen) atoms. The quantitative estimate of drug-likeness (QED) is 0.0694. The molecule has 3 rings (SSSR count). The Labute approximate surface area is 340 Å². The summed E-state index contributed by atoms with van der Waals surface area (Å²) >= 11 is 0. The molecule has 0 saturated heterocycles. The summed E-state index contributed by atoms with van der Waals surface area (Å²) in [4.78, 5) is 80.6. The topological polar surface area (TPSA) is 260 Å². The van der Waals surface area contributed by atoms with E-state index in [9.17, 15) is 28.8 Å². The van der Waals surface area contributed by atoms with Crippen LogP contribution < -0.4 is 47.5 Å². The molecule has 0 spiro atoms. The number of nitrogens with zero attached hydrogens (tertiary/aromatic N) is 2. The van der Waals surface area contributed by atoms with Crippen LogP contribution in [0.15, 0.2) is 36.4 Å². The number of benzene rings is 2. The van der Waals surface area contributed by atoms with Crippen molar-refractivity contribution < 1.29 is 38.2 Å². The van der Waals surface area contributed by atoms with Crippen LogP contribution in [0, 0.1) is 11.3 Å². The predicted molar refractivity (Wildman–Crippen MR) is 217 cm³/mol.